The molecule has 0 aliphatic rings. The molecule has 8 heteroatoms. The van der Waals surface area contributed by atoms with E-state index < -0.39 is 22.0 Å². The third-order valence-electron chi connectivity index (χ3n) is 2.64. The number of benzene rings is 1. The zero-order valence-corrected chi connectivity index (χ0v) is 10.9. The Hall–Kier alpha value is -3.16. The maximum absolute atomic E-state index is 11.5. The van der Waals surface area contributed by atoms with Crippen LogP contribution in [0.5, 0.6) is 11.6 Å². The van der Waals surface area contributed by atoms with Crippen molar-refractivity contribution in [2.45, 2.75) is 0 Å². The molecular weight excluding hydrogens is 278 g/mol. The summed E-state index contributed by atoms with van der Waals surface area (Å²) in [5, 5.41) is 20.0. The first-order valence-electron chi connectivity index (χ1n) is 5.81. The Morgan fingerprint density at radius 1 is 1.38 bits per heavy atom. The van der Waals surface area contributed by atoms with Crippen molar-refractivity contribution < 1.29 is 14.8 Å². The summed E-state index contributed by atoms with van der Waals surface area (Å²) in [6.07, 6.45) is 3.01. The third kappa shape index (κ3) is 3.06. The standard InChI is InChI=1S/C13H11N3O5/c1-21-9-5-3-2-4-8(9)6-7-10-14-12(17)11(16(19)20)13(18)15-10/h2-7H,1H3,(H2,14,15,17,18)/b7-6-. The molecule has 0 atom stereocenters. The molecule has 0 aliphatic carbocycles. The van der Waals surface area contributed by atoms with Crippen LogP contribution in [-0.2, 0) is 0 Å². The minimum absolute atomic E-state index is 0.00555. The van der Waals surface area contributed by atoms with Gasteiger partial charge in [-0.3, -0.25) is 14.9 Å². The number of hydrogen-bond donors (Lipinski definition) is 2. The van der Waals surface area contributed by atoms with Crippen molar-refractivity contribution in [2.75, 3.05) is 7.11 Å². The second kappa shape index (κ2) is 5.87. The molecule has 0 fully saturated rings. The number of aromatic hydroxyl groups is 1. The van der Waals surface area contributed by atoms with Gasteiger partial charge in [-0.15, -0.1) is 0 Å². The van der Waals surface area contributed by atoms with Gasteiger partial charge in [-0.25, -0.2) is 0 Å². The lowest BCUT2D eigenvalue weighted by atomic mass is 10.2. The average molecular weight is 289 g/mol. The molecule has 2 rings (SSSR count). The van der Waals surface area contributed by atoms with E-state index in [0.29, 0.717) is 5.75 Å². The fraction of sp³-hybridized carbons (Fsp3) is 0.0769. The van der Waals surface area contributed by atoms with Crippen molar-refractivity contribution in [1.29, 1.82) is 0 Å². The van der Waals surface area contributed by atoms with Crippen LogP contribution in [0, 0.1) is 10.1 Å². The Labute approximate surface area is 118 Å². The molecule has 2 N–H and O–H groups in total. The van der Waals surface area contributed by atoms with Crippen LogP contribution in [0.15, 0.2) is 29.1 Å². The first-order valence-corrected chi connectivity index (χ1v) is 5.81. The zero-order chi connectivity index (χ0) is 15.4. The molecule has 0 saturated heterocycles. The summed E-state index contributed by atoms with van der Waals surface area (Å²) in [5.74, 6) is -0.320. The summed E-state index contributed by atoms with van der Waals surface area (Å²) in [5.41, 5.74) is -1.28. The molecule has 0 aliphatic heterocycles. The summed E-state index contributed by atoms with van der Waals surface area (Å²) >= 11 is 0. The van der Waals surface area contributed by atoms with Gasteiger partial charge in [0, 0.05) is 5.56 Å². The smallest absolute Gasteiger partial charge is 0.395 e. The maximum Gasteiger partial charge on any atom is 0.395 e. The van der Waals surface area contributed by atoms with Gasteiger partial charge in [0.1, 0.15) is 11.6 Å². The highest BCUT2D eigenvalue weighted by atomic mass is 16.6. The number of nitro groups is 1. The monoisotopic (exact) mass is 289 g/mol. The van der Waals surface area contributed by atoms with Gasteiger partial charge in [0.05, 0.1) is 12.0 Å². The van der Waals surface area contributed by atoms with E-state index in [2.05, 4.69) is 9.97 Å². The lowest BCUT2D eigenvalue weighted by Crippen LogP contribution is -2.14. The van der Waals surface area contributed by atoms with E-state index in [0.717, 1.165) is 5.56 Å². The van der Waals surface area contributed by atoms with E-state index in [1.807, 2.05) is 0 Å². The van der Waals surface area contributed by atoms with Crippen molar-refractivity contribution in [1.82, 2.24) is 9.97 Å². The minimum atomic E-state index is -1.02. The number of ether oxygens (including phenoxy) is 1. The van der Waals surface area contributed by atoms with E-state index >= 15 is 0 Å². The summed E-state index contributed by atoms with van der Waals surface area (Å²) in [6.45, 7) is 0. The van der Waals surface area contributed by atoms with E-state index in [9.17, 15) is 20.0 Å². The Kier molecular flexibility index (Phi) is 3.98. The number of methoxy groups -OCH3 is 1. The van der Waals surface area contributed by atoms with Gasteiger partial charge in [-0.05, 0) is 18.2 Å². The normalized spacial score (nSPS) is 10.7. The van der Waals surface area contributed by atoms with Crippen LogP contribution in [0.2, 0.25) is 0 Å². The highest BCUT2D eigenvalue weighted by molar-refractivity contribution is 5.70. The summed E-state index contributed by atoms with van der Waals surface area (Å²) < 4.78 is 5.15. The van der Waals surface area contributed by atoms with E-state index in [1.54, 1.807) is 30.3 Å². The third-order valence-corrected chi connectivity index (χ3v) is 2.64. The number of rotatable bonds is 4. The van der Waals surface area contributed by atoms with Crippen LogP contribution in [0.1, 0.15) is 11.4 Å². The minimum Gasteiger partial charge on any atom is -0.496 e. The quantitative estimate of drug-likeness (QED) is 0.651. The van der Waals surface area contributed by atoms with Crippen molar-refractivity contribution >= 4 is 17.8 Å². The van der Waals surface area contributed by atoms with Gasteiger partial charge in [-0.2, -0.15) is 4.98 Å². The second-order valence-electron chi connectivity index (χ2n) is 3.96. The Morgan fingerprint density at radius 2 is 2.10 bits per heavy atom. The predicted octanol–water partition coefficient (Wildman–Crippen LogP) is 1.56. The number of aromatic nitrogens is 2. The molecule has 0 spiro atoms. The summed E-state index contributed by atoms with van der Waals surface area (Å²) in [6, 6.07) is 7.13. The Morgan fingerprint density at radius 3 is 2.71 bits per heavy atom. The summed E-state index contributed by atoms with van der Waals surface area (Å²) in [7, 11) is 1.52. The lowest BCUT2D eigenvalue weighted by molar-refractivity contribution is -0.387. The molecular formula is C13H11N3O5. The molecule has 8 nitrogen and oxygen atoms in total. The van der Waals surface area contributed by atoms with E-state index in [-0.39, 0.29) is 5.82 Å². The molecule has 21 heavy (non-hydrogen) atoms. The number of hydrogen-bond acceptors (Lipinski definition) is 6. The van der Waals surface area contributed by atoms with Crippen molar-refractivity contribution in [2.24, 2.45) is 0 Å². The molecule has 0 bridgehead atoms. The van der Waals surface area contributed by atoms with Crippen molar-refractivity contribution in [3.8, 4) is 11.6 Å². The van der Waals surface area contributed by atoms with Crippen LogP contribution in [0.4, 0.5) is 5.69 Å². The molecule has 0 amide bonds. The second-order valence-corrected chi connectivity index (χ2v) is 3.96. The number of para-hydroxylation sites is 1. The van der Waals surface area contributed by atoms with Crippen LogP contribution in [-0.4, -0.2) is 27.1 Å². The number of H-pyrrole nitrogens is 1. The van der Waals surface area contributed by atoms with Gasteiger partial charge in [0.2, 0.25) is 0 Å². The molecule has 0 radical (unpaired) electrons. The van der Waals surface area contributed by atoms with Gasteiger partial charge in [-0.1, -0.05) is 18.2 Å². The molecule has 1 aromatic heterocycles. The van der Waals surface area contributed by atoms with Gasteiger partial charge in [0.25, 0.3) is 5.88 Å². The lowest BCUT2D eigenvalue weighted by Gasteiger charge is -2.03. The number of nitrogens with one attached hydrogen (secondary N) is 1. The fourth-order valence-corrected chi connectivity index (χ4v) is 1.69. The van der Waals surface area contributed by atoms with E-state index in [1.165, 1.54) is 13.2 Å². The molecule has 0 unspecified atom stereocenters. The van der Waals surface area contributed by atoms with Crippen LogP contribution in [0.25, 0.3) is 12.2 Å². The van der Waals surface area contributed by atoms with Crippen LogP contribution < -0.4 is 10.3 Å². The summed E-state index contributed by atoms with van der Waals surface area (Å²) in [4.78, 5) is 26.8. The van der Waals surface area contributed by atoms with Gasteiger partial charge >= 0.3 is 11.2 Å². The Balaban J connectivity index is 2.38. The highest BCUT2D eigenvalue weighted by Gasteiger charge is 2.21. The van der Waals surface area contributed by atoms with Gasteiger partial charge in [0.15, 0.2) is 0 Å². The van der Waals surface area contributed by atoms with Crippen molar-refractivity contribution in [3.63, 3.8) is 0 Å². The zero-order valence-electron chi connectivity index (χ0n) is 10.9. The van der Waals surface area contributed by atoms with Crippen LogP contribution >= 0.6 is 0 Å². The first kappa shape index (κ1) is 14.3. The SMILES string of the molecule is COc1ccccc1/C=C\c1nc(O)c([N+](=O)[O-])c(=O)[nH]1. The number of nitrogens with zero attached hydrogens (tertiary/aromatic N) is 2. The maximum atomic E-state index is 11.5. The Bertz CT molecular complexity index is 767. The molecule has 108 valence electrons. The van der Waals surface area contributed by atoms with Gasteiger partial charge < -0.3 is 14.8 Å². The first-order chi connectivity index (χ1) is 10.0. The highest BCUT2D eigenvalue weighted by Crippen LogP contribution is 2.20. The topological polar surface area (TPSA) is 118 Å². The molecule has 0 saturated carbocycles. The molecule has 1 aromatic carbocycles. The van der Waals surface area contributed by atoms with Crippen LogP contribution in [0.3, 0.4) is 0 Å². The number of aromatic amines is 1. The fourth-order valence-electron chi connectivity index (χ4n) is 1.69. The van der Waals surface area contributed by atoms with E-state index in [4.69, 9.17) is 4.74 Å². The molecule has 2 aromatic rings. The molecule has 1 heterocycles. The predicted molar refractivity (Wildman–Crippen MR) is 75.1 cm³/mol. The van der Waals surface area contributed by atoms with Crippen molar-refractivity contribution in [3.05, 3.63) is 56.1 Å². The largest absolute Gasteiger partial charge is 0.496 e. The average Bonchev–Trinajstić information content (AvgIpc) is 2.44.